The van der Waals surface area contributed by atoms with E-state index in [1.807, 2.05) is 25.1 Å². The number of anilines is 2. The fraction of sp³-hybridized carbons (Fsp3) is 0.571. The number of nitrogens with one attached hydrogen (secondary N) is 2. The molecule has 8 heteroatoms. The highest BCUT2D eigenvalue weighted by atomic mass is 16.5. The molecule has 1 atom stereocenters. The summed E-state index contributed by atoms with van der Waals surface area (Å²) in [6.07, 6.45) is 5.44. The largest absolute Gasteiger partial charge is 0.370 e. The molecule has 2 aliphatic rings. The number of aryl methyl sites for hydroxylation is 1. The van der Waals surface area contributed by atoms with Gasteiger partial charge in [0.15, 0.2) is 5.82 Å². The van der Waals surface area contributed by atoms with Gasteiger partial charge in [-0.2, -0.15) is 5.10 Å². The summed E-state index contributed by atoms with van der Waals surface area (Å²) < 4.78 is 5.81. The first-order valence-electron chi connectivity index (χ1n) is 10.7. The van der Waals surface area contributed by atoms with Crippen molar-refractivity contribution in [2.75, 3.05) is 43.0 Å². The second-order valence-corrected chi connectivity index (χ2v) is 7.65. The van der Waals surface area contributed by atoms with Gasteiger partial charge in [0.2, 0.25) is 0 Å². The van der Waals surface area contributed by atoms with Crippen molar-refractivity contribution in [3.05, 3.63) is 35.9 Å². The van der Waals surface area contributed by atoms with Crippen LogP contribution in [0.3, 0.4) is 0 Å². The fourth-order valence-electron chi connectivity index (χ4n) is 3.96. The molecule has 29 heavy (non-hydrogen) atoms. The maximum atomic E-state index is 13.0. The zero-order valence-corrected chi connectivity index (χ0v) is 17.1. The molecule has 1 aromatic carbocycles. The van der Waals surface area contributed by atoms with Gasteiger partial charge in [0.05, 0.1) is 24.5 Å². The van der Waals surface area contributed by atoms with Crippen LogP contribution in [0.5, 0.6) is 0 Å². The first-order valence-corrected chi connectivity index (χ1v) is 10.7. The molecule has 0 saturated carbocycles. The molecular formula is C21H30N6O2. The lowest BCUT2D eigenvalue weighted by Gasteiger charge is -2.32. The zero-order valence-electron chi connectivity index (χ0n) is 17.1. The van der Waals surface area contributed by atoms with E-state index in [9.17, 15) is 4.79 Å². The molecule has 2 N–H and O–H groups in total. The molecule has 2 aliphatic heterocycles. The Balaban J connectivity index is 1.43. The van der Waals surface area contributed by atoms with Crippen LogP contribution in [-0.4, -0.2) is 58.9 Å². The summed E-state index contributed by atoms with van der Waals surface area (Å²) in [5, 5.41) is 10.3. The third-order valence-corrected chi connectivity index (χ3v) is 5.62. The van der Waals surface area contributed by atoms with Crippen LogP contribution in [0, 0.1) is 0 Å². The maximum Gasteiger partial charge on any atom is 0.322 e. The molecule has 1 unspecified atom stereocenters. The average molecular weight is 399 g/mol. The van der Waals surface area contributed by atoms with E-state index >= 15 is 0 Å². The van der Waals surface area contributed by atoms with Gasteiger partial charge in [-0.3, -0.25) is 5.10 Å². The average Bonchev–Trinajstić information content (AvgIpc) is 3.09. The number of amides is 2. The van der Waals surface area contributed by atoms with Crippen LogP contribution in [0.2, 0.25) is 0 Å². The molecule has 0 aliphatic carbocycles. The molecule has 0 radical (unpaired) electrons. The van der Waals surface area contributed by atoms with Gasteiger partial charge in [-0.1, -0.05) is 31.9 Å². The van der Waals surface area contributed by atoms with Crippen LogP contribution >= 0.6 is 0 Å². The predicted octanol–water partition coefficient (Wildman–Crippen LogP) is 3.35. The molecule has 0 spiro atoms. The number of benzene rings is 1. The molecule has 2 amide bonds. The number of hydrogen-bond donors (Lipinski definition) is 2. The van der Waals surface area contributed by atoms with Crippen molar-refractivity contribution in [3.8, 4) is 0 Å². The first-order chi connectivity index (χ1) is 14.2. The summed E-state index contributed by atoms with van der Waals surface area (Å²) in [4.78, 5) is 21.6. The predicted molar refractivity (Wildman–Crippen MR) is 112 cm³/mol. The second kappa shape index (κ2) is 9.26. The number of hydrogen-bond acceptors (Lipinski definition) is 5. The Labute approximate surface area is 171 Å². The van der Waals surface area contributed by atoms with Crippen molar-refractivity contribution in [3.63, 3.8) is 0 Å². The number of nitrogens with zero attached hydrogens (tertiary/aromatic N) is 4. The van der Waals surface area contributed by atoms with Gasteiger partial charge in [-0.15, -0.1) is 0 Å². The maximum absolute atomic E-state index is 13.0. The Bertz CT molecular complexity index is 815. The van der Waals surface area contributed by atoms with E-state index < -0.39 is 0 Å². The summed E-state index contributed by atoms with van der Waals surface area (Å²) in [5.41, 5.74) is 1.97. The molecule has 4 rings (SSSR count). The van der Waals surface area contributed by atoms with Gasteiger partial charge in [0, 0.05) is 26.1 Å². The summed E-state index contributed by atoms with van der Waals surface area (Å²) >= 11 is 0. The van der Waals surface area contributed by atoms with Crippen LogP contribution in [0.4, 0.5) is 16.2 Å². The van der Waals surface area contributed by atoms with Gasteiger partial charge in [0.25, 0.3) is 0 Å². The van der Waals surface area contributed by atoms with Gasteiger partial charge in [-0.25, -0.2) is 9.78 Å². The quantitative estimate of drug-likeness (QED) is 0.825. The lowest BCUT2D eigenvalue weighted by molar-refractivity contribution is -0.0179. The molecule has 8 nitrogen and oxygen atoms in total. The Kier molecular flexibility index (Phi) is 6.29. The normalized spacial score (nSPS) is 20.4. The van der Waals surface area contributed by atoms with E-state index in [-0.39, 0.29) is 12.1 Å². The van der Waals surface area contributed by atoms with Gasteiger partial charge in [0.1, 0.15) is 11.9 Å². The van der Waals surface area contributed by atoms with Crippen LogP contribution in [0.15, 0.2) is 24.3 Å². The van der Waals surface area contributed by atoms with Crippen LogP contribution in [-0.2, 0) is 11.2 Å². The van der Waals surface area contributed by atoms with E-state index in [2.05, 4.69) is 31.5 Å². The number of carbonyl (C=O) groups excluding carboxylic acids is 1. The summed E-state index contributed by atoms with van der Waals surface area (Å²) in [7, 11) is 0. The fourth-order valence-corrected chi connectivity index (χ4v) is 3.96. The molecule has 156 valence electrons. The monoisotopic (exact) mass is 398 g/mol. The lowest BCUT2D eigenvalue weighted by Crippen LogP contribution is -2.44. The van der Waals surface area contributed by atoms with Crippen LogP contribution < -0.4 is 10.2 Å². The van der Waals surface area contributed by atoms with E-state index in [1.165, 1.54) is 25.7 Å². The number of urea groups is 1. The number of para-hydroxylation sites is 2. The van der Waals surface area contributed by atoms with E-state index in [1.54, 1.807) is 4.90 Å². The van der Waals surface area contributed by atoms with E-state index in [0.717, 1.165) is 36.7 Å². The van der Waals surface area contributed by atoms with Gasteiger partial charge in [-0.05, 0) is 25.0 Å². The minimum absolute atomic E-state index is 0.105. The Morgan fingerprint density at radius 1 is 1.21 bits per heavy atom. The molecule has 0 bridgehead atoms. The molecule has 2 saturated heterocycles. The highest BCUT2D eigenvalue weighted by molar-refractivity contribution is 5.93. The third kappa shape index (κ3) is 4.70. The molecule has 2 aromatic rings. The number of rotatable bonds is 4. The highest BCUT2D eigenvalue weighted by Crippen LogP contribution is 2.29. The number of ether oxygens (including phenoxy) is 1. The number of carbonyl (C=O) groups is 1. The standard InChI is InChI=1S/C21H30N6O2/c1-2-19-23-20(25-24-19)18-15-27(13-14-29-18)21(28)22-16-9-5-6-10-17(16)26-11-7-3-4-8-12-26/h5-6,9-10,18H,2-4,7-8,11-15H2,1H3,(H,22,28)(H,23,24,25). The van der Waals surface area contributed by atoms with Crippen molar-refractivity contribution in [2.24, 2.45) is 0 Å². The third-order valence-electron chi connectivity index (χ3n) is 5.62. The van der Waals surface area contributed by atoms with Gasteiger partial charge >= 0.3 is 6.03 Å². The van der Waals surface area contributed by atoms with Crippen molar-refractivity contribution in [1.82, 2.24) is 20.1 Å². The topological polar surface area (TPSA) is 86.4 Å². The SMILES string of the molecule is CCc1nc(C2CN(C(=O)Nc3ccccc3N3CCCCCC3)CCO2)n[nH]1. The minimum atomic E-state index is -0.299. The molecular weight excluding hydrogens is 368 g/mol. The molecule has 3 heterocycles. The number of aromatic amines is 1. The first kappa shape index (κ1) is 19.7. The number of H-pyrrole nitrogens is 1. The lowest BCUT2D eigenvalue weighted by atomic mass is 10.2. The van der Waals surface area contributed by atoms with Crippen LogP contribution in [0.1, 0.15) is 50.4 Å². The number of aromatic nitrogens is 3. The van der Waals surface area contributed by atoms with E-state index in [4.69, 9.17) is 4.74 Å². The Hall–Kier alpha value is -2.61. The minimum Gasteiger partial charge on any atom is -0.370 e. The van der Waals surface area contributed by atoms with Crippen molar-refractivity contribution in [2.45, 2.75) is 45.1 Å². The molecule has 1 aromatic heterocycles. The Morgan fingerprint density at radius 3 is 2.76 bits per heavy atom. The van der Waals surface area contributed by atoms with Crippen molar-refractivity contribution in [1.29, 1.82) is 0 Å². The van der Waals surface area contributed by atoms with Crippen molar-refractivity contribution >= 4 is 17.4 Å². The van der Waals surface area contributed by atoms with Gasteiger partial charge < -0.3 is 19.9 Å². The summed E-state index contributed by atoms with van der Waals surface area (Å²) in [6, 6.07) is 7.99. The van der Waals surface area contributed by atoms with E-state index in [0.29, 0.717) is 25.5 Å². The summed E-state index contributed by atoms with van der Waals surface area (Å²) in [5.74, 6) is 1.45. The zero-order chi connectivity index (χ0) is 20.1. The van der Waals surface area contributed by atoms with Crippen molar-refractivity contribution < 1.29 is 9.53 Å². The summed E-state index contributed by atoms with van der Waals surface area (Å²) in [6.45, 7) is 5.57. The molecule has 2 fully saturated rings. The van der Waals surface area contributed by atoms with Crippen LogP contribution in [0.25, 0.3) is 0 Å². The second-order valence-electron chi connectivity index (χ2n) is 7.65. The Morgan fingerprint density at radius 2 is 2.00 bits per heavy atom. The highest BCUT2D eigenvalue weighted by Gasteiger charge is 2.28. The number of morpholine rings is 1. The smallest absolute Gasteiger partial charge is 0.322 e.